The molecular weight excluding hydrogens is 310 g/mol. The van der Waals surface area contributed by atoms with Crippen molar-refractivity contribution >= 4 is 15.8 Å². The first-order chi connectivity index (χ1) is 10.5. The molecule has 0 unspecified atom stereocenters. The van der Waals surface area contributed by atoms with Crippen LogP contribution in [0.2, 0.25) is 0 Å². The van der Waals surface area contributed by atoms with Crippen molar-refractivity contribution in [3.05, 3.63) is 58.6 Å². The summed E-state index contributed by atoms with van der Waals surface area (Å²) in [6.07, 6.45) is 0. The minimum atomic E-state index is -4.35. The van der Waals surface area contributed by atoms with E-state index >= 15 is 0 Å². The Morgan fingerprint density at radius 3 is 2.27 bits per heavy atom. The smallest absolute Gasteiger partial charge is 0.346 e. The fraction of sp³-hybridized carbons (Fsp3) is 0.143. The van der Waals surface area contributed by atoms with Crippen LogP contribution in [0.3, 0.4) is 0 Å². The number of benzene rings is 2. The molecule has 2 rings (SSSR count). The van der Waals surface area contributed by atoms with E-state index in [1.807, 2.05) is 0 Å². The van der Waals surface area contributed by atoms with Crippen molar-refractivity contribution in [3.8, 4) is 11.5 Å². The second-order valence-electron chi connectivity index (χ2n) is 4.14. The minimum Gasteiger partial charge on any atom is -0.490 e. The molecule has 0 aromatic heterocycles. The van der Waals surface area contributed by atoms with Crippen molar-refractivity contribution in [2.45, 2.75) is 11.8 Å². The van der Waals surface area contributed by atoms with Gasteiger partial charge in [-0.25, -0.2) is 0 Å². The lowest BCUT2D eigenvalue weighted by atomic mass is 10.3. The van der Waals surface area contributed by atoms with Gasteiger partial charge in [-0.3, -0.25) is 10.1 Å². The molecule has 2 aromatic carbocycles. The summed E-state index contributed by atoms with van der Waals surface area (Å²) in [7, 11) is -4.35. The second kappa shape index (κ2) is 6.44. The molecule has 0 heterocycles. The van der Waals surface area contributed by atoms with Gasteiger partial charge in [-0.05, 0) is 25.1 Å². The molecule has 0 aliphatic heterocycles. The predicted molar refractivity (Wildman–Crippen MR) is 78.5 cm³/mol. The van der Waals surface area contributed by atoms with Gasteiger partial charge in [0.15, 0.2) is 16.4 Å². The van der Waals surface area contributed by atoms with Crippen LogP contribution in [0.1, 0.15) is 6.92 Å². The summed E-state index contributed by atoms with van der Waals surface area (Å²) in [6, 6.07) is 11.2. The molecule has 0 fully saturated rings. The van der Waals surface area contributed by atoms with Crippen LogP contribution in [0, 0.1) is 10.1 Å². The van der Waals surface area contributed by atoms with Crippen LogP contribution < -0.4 is 8.92 Å². The highest BCUT2D eigenvalue weighted by Gasteiger charge is 2.28. The number of nitro benzene ring substituents is 1. The van der Waals surface area contributed by atoms with Crippen molar-refractivity contribution in [2.24, 2.45) is 0 Å². The number of ether oxygens (including phenoxy) is 1. The average molecular weight is 323 g/mol. The maximum absolute atomic E-state index is 12.3. The molecule has 0 saturated heterocycles. The highest BCUT2D eigenvalue weighted by Crippen LogP contribution is 2.31. The largest absolute Gasteiger partial charge is 0.490 e. The first-order valence-electron chi connectivity index (χ1n) is 6.35. The highest BCUT2D eigenvalue weighted by atomic mass is 32.2. The van der Waals surface area contributed by atoms with E-state index in [9.17, 15) is 18.5 Å². The summed E-state index contributed by atoms with van der Waals surface area (Å²) in [6.45, 7) is 2.07. The number of rotatable bonds is 6. The van der Waals surface area contributed by atoms with Gasteiger partial charge in [-0.15, -0.1) is 0 Å². The Hall–Kier alpha value is -2.61. The summed E-state index contributed by atoms with van der Waals surface area (Å²) in [4.78, 5) is 9.67. The molecule has 8 heteroatoms. The molecular formula is C14H13NO6S. The van der Waals surface area contributed by atoms with Crippen molar-refractivity contribution in [3.63, 3.8) is 0 Å². The maximum Gasteiger partial charge on any atom is 0.346 e. The van der Waals surface area contributed by atoms with Gasteiger partial charge in [-0.2, -0.15) is 8.42 Å². The van der Waals surface area contributed by atoms with E-state index in [0.717, 1.165) is 12.1 Å². The predicted octanol–water partition coefficient (Wildman–Crippen LogP) is 2.76. The van der Waals surface area contributed by atoms with Gasteiger partial charge in [0.1, 0.15) is 0 Å². The molecule has 0 aliphatic carbocycles. The Labute approximate surface area is 127 Å². The van der Waals surface area contributed by atoms with Crippen LogP contribution >= 0.6 is 0 Å². The molecule has 0 saturated carbocycles. The number of nitro groups is 1. The lowest BCUT2D eigenvalue weighted by Gasteiger charge is -2.11. The number of para-hydroxylation sites is 3. The summed E-state index contributed by atoms with van der Waals surface area (Å²) in [5.41, 5.74) is -0.545. The van der Waals surface area contributed by atoms with Crippen molar-refractivity contribution < 1.29 is 22.3 Å². The van der Waals surface area contributed by atoms with Crippen LogP contribution in [0.15, 0.2) is 53.4 Å². The van der Waals surface area contributed by atoms with Crippen LogP contribution in [0.4, 0.5) is 5.69 Å². The third-order valence-corrected chi connectivity index (χ3v) is 3.96. The zero-order valence-corrected chi connectivity index (χ0v) is 12.4. The normalized spacial score (nSPS) is 11.0. The lowest BCUT2D eigenvalue weighted by Crippen LogP contribution is -2.12. The standard InChI is InChI=1S/C14H13NO6S/c1-2-20-12-8-4-5-9-13(12)21-22(18,19)14-10-6-3-7-11(14)15(16)17/h3-10H,2H2,1H3. The summed E-state index contributed by atoms with van der Waals surface area (Å²) < 4.78 is 34.9. The minimum absolute atomic E-state index is 0.0255. The third kappa shape index (κ3) is 3.34. The van der Waals surface area contributed by atoms with Gasteiger partial charge in [0.25, 0.3) is 5.69 Å². The zero-order valence-electron chi connectivity index (χ0n) is 11.6. The number of nitrogens with zero attached hydrogens (tertiary/aromatic N) is 1. The summed E-state index contributed by atoms with van der Waals surface area (Å²) in [5.74, 6) is 0.217. The topological polar surface area (TPSA) is 95.7 Å². The van der Waals surface area contributed by atoms with Crippen LogP contribution in [0.5, 0.6) is 11.5 Å². The molecule has 0 radical (unpaired) electrons. The number of hydrogen-bond acceptors (Lipinski definition) is 6. The summed E-state index contributed by atoms with van der Waals surface area (Å²) >= 11 is 0. The molecule has 0 bridgehead atoms. The maximum atomic E-state index is 12.3. The van der Waals surface area contributed by atoms with E-state index < -0.39 is 25.6 Å². The van der Waals surface area contributed by atoms with Gasteiger partial charge in [0.2, 0.25) is 0 Å². The fourth-order valence-corrected chi connectivity index (χ4v) is 2.88. The fourth-order valence-electron chi connectivity index (χ4n) is 1.78. The van der Waals surface area contributed by atoms with Crippen molar-refractivity contribution in [2.75, 3.05) is 6.61 Å². The molecule has 116 valence electrons. The van der Waals surface area contributed by atoms with Crippen LogP contribution in [-0.2, 0) is 10.1 Å². The van der Waals surface area contributed by atoms with Crippen LogP contribution in [-0.4, -0.2) is 19.9 Å². The molecule has 2 aromatic rings. The van der Waals surface area contributed by atoms with Gasteiger partial charge in [0.05, 0.1) is 11.5 Å². The highest BCUT2D eigenvalue weighted by molar-refractivity contribution is 7.87. The van der Waals surface area contributed by atoms with Crippen molar-refractivity contribution in [1.29, 1.82) is 0 Å². The van der Waals surface area contributed by atoms with Gasteiger partial charge < -0.3 is 8.92 Å². The second-order valence-corrected chi connectivity index (χ2v) is 5.66. The quantitative estimate of drug-likeness (QED) is 0.461. The van der Waals surface area contributed by atoms with E-state index in [2.05, 4.69) is 0 Å². The molecule has 0 spiro atoms. The Morgan fingerprint density at radius 1 is 1.05 bits per heavy atom. The molecule has 22 heavy (non-hydrogen) atoms. The number of hydrogen-bond donors (Lipinski definition) is 0. The van der Waals surface area contributed by atoms with Gasteiger partial charge >= 0.3 is 10.1 Å². The Bertz CT molecular complexity index is 787. The van der Waals surface area contributed by atoms with Crippen LogP contribution in [0.25, 0.3) is 0 Å². The SMILES string of the molecule is CCOc1ccccc1OS(=O)(=O)c1ccccc1[N+](=O)[O-]. The van der Waals surface area contributed by atoms with Gasteiger partial charge in [-0.1, -0.05) is 24.3 Å². The molecule has 0 amide bonds. The van der Waals surface area contributed by atoms with E-state index in [1.54, 1.807) is 25.1 Å². The van der Waals surface area contributed by atoms with E-state index in [-0.39, 0.29) is 11.5 Å². The Kier molecular flexibility index (Phi) is 4.62. The van der Waals surface area contributed by atoms with E-state index in [4.69, 9.17) is 8.92 Å². The zero-order chi connectivity index (χ0) is 16.2. The third-order valence-electron chi connectivity index (χ3n) is 2.68. The molecule has 7 nitrogen and oxygen atoms in total. The lowest BCUT2D eigenvalue weighted by molar-refractivity contribution is -0.387. The average Bonchev–Trinajstić information content (AvgIpc) is 2.49. The molecule has 0 N–H and O–H groups in total. The molecule has 0 atom stereocenters. The van der Waals surface area contributed by atoms with E-state index in [0.29, 0.717) is 6.61 Å². The monoisotopic (exact) mass is 323 g/mol. The Balaban J connectivity index is 2.43. The molecule has 0 aliphatic rings. The van der Waals surface area contributed by atoms with E-state index in [1.165, 1.54) is 18.2 Å². The van der Waals surface area contributed by atoms with Crippen molar-refractivity contribution in [1.82, 2.24) is 0 Å². The first-order valence-corrected chi connectivity index (χ1v) is 7.76. The Morgan fingerprint density at radius 2 is 1.64 bits per heavy atom. The van der Waals surface area contributed by atoms with Gasteiger partial charge in [0, 0.05) is 6.07 Å². The summed E-state index contributed by atoms with van der Waals surface area (Å²) in [5, 5.41) is 11.0. The first kappa shape index (κ1) is 15.8.